The predicted octanol–water partition coefficient (Wildman–Crippen LogP) is 3.12. The monoisotopic (exact) mass is 354 g/mol. The number of carbonyl (C=O) groups is 1. The van der Waals surface area contributed by atoms with Crippen LogP contribution < -0.4 is 14.4 Å². The fourth-order valence-electron chi connectivity index (χ4n) is 3.11. The first-order valence-corrected chi connectivity index (χ1v) is 8.98. The summed E-state index contributed by atoms with van der Waals surface area (Å²) in [5, 5.41) is 0. The van der Waals surface area contributed by atoms with Gasteiger partial charge in [-0.3, -0.25) is 4.79 Å². The molecule has 1 atom stereocenters. The maximum Gasteiger partial charge on any atom is 0.263 e. The Morgan fingerprint density at radius 2 is 1.50 bits per heavy atom. The molecule has 26 heavy (non-hydrogen) atoms. The molecule has 0 unspecified atom stereocenters. The molecule has 2 aromatic rings. The lowest BCUT2D eigenvalue weighted by Crippen LogP contribution is -2.52. The van der Waals surface area contributed by atoms with E-state index in [0.29, 0.717) is 13.1 Å². The van der Waals surface area contributed by atoms with E-state index in [-0.39, 0.29) is 5.91 Å². The molecule has 138 valence electrons. The minimum atomic E-state index is -0.481. The van der Waals surface area contributed by atoms with Gasteiger partial charge in [0, 0.05) is 31.9 Å². The van der Waals surface area contributed by atoms with Gasteiger partial charge in [0.2, 0.25) is 0 Å². The van der Waals surface area contributed by atoms with E-state index in [1.807, 2.05) is 55.1 Å². The first-order chi connectivity index (χ1) is 12.6. The molecule has 1 amide bonds. The number of carbonyl (C=O) groups excluding carboxylic acids is 1. The molecule has 5 heteroatoms. The summed E-state index contributed by atoms with van der Waals surface area (Å²) in [5.74, 6) is 1.62. The second-order valence-electron chi connectivity index (χ2n) is 6.58. The van der Waals surface area contributed by atoms with Crippen molar-refractivity contribution in [2.24, 2.45) is 0 Å². The van der Waals surface area contributed by atoms with E-state index < -0.39 is 6.10 Å². The van der Waals surface area contributed by atoms with Crippen LogP contribution >= 0.6 is 0 Å². The molecule has 5 nitrogen and oxygen atoms in total. The van der Waals surface area contributed by atoms with Crippen molar-refractivity contribution < 1.29 is 14.3 Å². The van der Waals surface area contributed by atoms with Crippen LogP contribution in [0.5, 0.6) is 11.5 Å². The van der Waals surface area contributed by atoms with E-state index in [4.69, 9.17) is 9.47 Å². The Labute approximate surface area is 155 Å². The highest BCUT2D eigenvalue weighted by Crippen LogP contribution is 2.21. The number of rotatable bonds is 5. The molecular weight excluding hydrogens is 328 g/mol. The highest BCUT2D eigenvalue weighted by atomic mass is 16.5. The van der Waals surface area contributed by atoms with Crippen molar-refractivity contribution in [1.29, 1.82) is 0 Å². The zero-order chi connectivity index (χ0) is 18.5. The summed E-state index contributed by atoms with van der Waals surface area (Å²) in [4.78, 5) is 16.8. The number of anilines is 1. The summed E-state index contributed by atoms with van der Waals surface area (Å²) in [6, 6.07) is 15.8. The topological polar surface area (TPSA) is 42.0 Å². The molecule has 3 rings (SSSR count). The largest absolute Gasteiger partial charge is 0.497 e. The van der Waals surface area contributed by atoms with E-state index in [0.717, 1.165) is 30.3 Å². The highest BCUT2D eigenvalue weighted by Gasteiger charge is 2.26. The number of piperazine rings is 1. The number of benzene rings is 2. The third-order valence-corrected chi connectivity index (χ3v) is 4.71. The molecule has 1 heterocycles. The van der Waals surface area contributed by atoms with Gasteiger partial charge < -0.3 is 19.3 Å². The average Bonchev–Trinajstić information content (AvgIpc) is 2.69. The van der Waals surface area contributed by atoms with Crippen LogP contribution in [-0.4, -0.2) is 50.2 Å². The van der Waals surface area contributed by atoms with Crippen LogP contribution in [0.4, 0.5) is 5.69 Å². The predicted molar refractivity (Wildman–Crippen MR) is 103 cm³/mol. The van der Waals surface area contributed by atoms with Gasteiger partial charge in [-0.25, -0.2) is 0 Å². The Balaban J connectivity index is 1.53. The number of amides is 1. The third-order valence-electron chi connectivity index (χ3n) is 4.71. The third kappa shape index (κ3) is 4.28. The molecule has 1 saturated heterocycles. The van der Waals surface area contributed by atoms with Gasteiger partial charge in [-0.1, -0.05) is 17.7 Å². The molecule has 0 aromatic heterocycles. The summed E-state index contributed by atoms with van der Waals surface area (Å²) in [5.41, 5.74) is 2.33. The number of ether oxygens (including phenoxy) is 2. The van der Waals surface area contributed by atoms with Crippen LogP contribution in [0.1, 0.15) is 12.5 Å². The fraction of sp³-hybridized carbons (Fsp3) is 0.381. The van der Waals surface area contributed by atoms with Crippen molar-refractivity contribution in [1.82, 2.24) is 4.90 Å². The normalized spacial score (nSPS) is 15.5. The van der Waals surface area contributed by atoms with E-state index in [1.165, 1.54) is 5.56 Å². The van der Waals surface area contributed by atoms with Gasteiger partial charge in [0.25, 0.3) is 5.91 Å². The second-order valence-corrected chi connectivity index (χ2v) is 6.58. The van der Waals surface area contributed by atoms with Gasteiger partial charge in [-0.05, 0) is 50.2 Å². The lowest BCUT2D eigenvalue weighted by molar-refractivity contribution is -0.138. The minimum absolute atomic E-state index is 0.0416. The lowest BCUT2D eigenvalue weighted by atomic mass is 10.2. The molecule has 1 aliphatic heterocycles. The van der Waals surface area contributed by atoms with Crippen molar-refractivity contribution in [3.63, 3.8) is 0 Å². The van der Waals surface area contributed by atoms with Gasteiger partial charge in [0.05, 0.1) is 7.11 Å². The summed E-state index contributed by atoms with van der Waals surface area (Å²) in [6.45, 7) is 6.88. The molecule has 0 spiro atoms. The van der Waals surface area contributed by atoms with Crippen molar-refractivity contribution >= 4 is 11.6 Å². The first-order valence-electron chi connectivity index (χ1n) is 8.98. The summed E-state index contributed by atoms with van der Waals surface area (Å²) in [6.07, 6.45) is -0.481. The molecule has 0 bridgehead atoms. The molecular formula is C21H26N2O3. The molecule has 1 aliphatic rings. The maximum absolute atomic E-state index is 12.7. The average molecular weight is 354 g/mol. The van der Waals surface area contributed by atoms with Crippen LogP contribution in [0.15, 0.2) is 48.5 Å². The number of methoxy groups -OCH3 is 1. The fourth-order valence-corrected chi connectivity index (χ4v) is 3.11. The minimum Gasteiger partial charge on any atom is -0.497 e. The number of hydrogen-bond acceptors (Lipinski definition) is 4. The van der Waals surface area contributed by atoms with Gasteiger partial charge >= 0.3 is 0 Å². The SMILES string of the molecule is COc1ccc(N2CCN(C(=O)[C@H](C)Oc3ccc(C)cc3)CC2)cc1. The van der Waals surface area contributed by atoms with Crippen LogP contribution in [0.3, 0.4) is 0 Å². The van der Waals surface area contributed by atoms with Crippen molar-refractivity contribution in [2.75, 3.05) is 38.2 Å². The van der Waals surface area contributed by atoms with Crippen molar-refractivity contribution in [3.8, 4) is 11.5 Å². The zero-order valence-corrected chi connectivity index (χ0v) is 15.6. The Morgan fingerprint density at radius 3 is 2.08 bits per heavy atom. The number of hydrogen-bond donors (Lipinski definition) is 0. The Morgan fingerprint density at radius 1 is 0.923 bits per heavy atom. The van der Waals surface area contributed by atoms with E-state index >= 15 is 0 Å². The summed E-state index contributed by atoms with van der Waals surface area (Å²) < 4.78 is 11.0. The van der Waals surface area contributed by atoms with E-state index in [9.17, 15) is 4.79 Å². The van der Waals surface area contributed by atoms with Gasteiger partial charge in [-0.2, -0.15) is 0 Å². The standard InChI is InChI=1S/C21H26N2O3/c1-16-4-8-20(9-5-16)26-17(2)21(24)23-14-12-22(13-15-23)18-6-10-19(25-3)11-7-18/h4-11,17H,12-15H2,1-3H3/t17-/m0/s1. The second kappa shape index (κ2) is 8.13. The van der Waals surface area contributed by atoms with Crippen LogP contribution in [0.25, 0.3) is 0 Å². The number of aryl methyl sites for hydroxylation is 1. The lowest BCUT2D eigenvalue weighted by Gasteiger charge is -2.37. The number of nitrogens with zero attached hydrogens (tertiary/aromatic N) is 2. The van der Waals surface area contributed by atoms with Gasteiger partial charge in [0.15, 0.2) is 6.10 Å². The molecule has 0 aliphatic carbocycles. The Kier molecular flexibility index (Phi) is 5.66. The van der Waals surface area contributed by atoms with Crippen LogP contribution in [0, 0.1) is 6.92 Å². The highest BCUT2D eigenvalue weighted by molar-refractivity contribution is 5.81. The maximum atomic E-state index is 12.7. The quantitative estimate of drug-likeness (QED) is 0.827. The van der Waals surface area contributed by atoms with Gasteiger partial charge in [-0.15, -0.1) is 0 Å². The summed E-state index contributed by atoms with van der Waals surface area (Å²) in [7, 11) is 1.67. The van der Waals surface area contributed by atoms with Crippen molar-refractivity contribution in [2.45, 2.75) is 20.0 Å². The Hall–Kier alpha value is -2.69. The van der Waals surface area contributed by atoms with Gasteiger partial charge in [0.1, 0.15) is 11.5 Å². The smallest absolute Gasteiger partial charge is 0.263 e. The molecule has 0 radical (unpaired) electrons. The Bertz CT molecular complexity index is 720. The van der Waals surface area contributed by atoms with Crippen LogP contribution in [-0.2, 0) is 4.79 Å². The van der Waals surface area contributed by atoms with Crippen molar-refractivity contribution in [3.05, 3.63) is 54.1 Å². The molecule has 2 aromatic carbocycles. The first kappa shape index (κ1) is 18.1. The van der Waals surface area contributed by atoms with E-state index in [1.54, 1.807) is 7.11 Å². The molecule has 0 saturated carbocycles. The molecule has 0 N–H and O–H groups in total. The molecule has 1 fully saturated rings. The summed E-state index contributed by atoms with van der Waals surface area (Å²) >= 11 is 0. The van der Waals surface area contributed by atoms with Crippen LogP contribution in [0.2, 0.25) is 0 Å². The van der Waals surface area contributed by atoms with E-state index in [2.05, 4.69) is 17.0 Å². The zero-order valence-electron chi connectivity index (χ0n) is 15.6.